The fourth-order valence-electron chi connectivity index (χ4n) is 5.07. The Kier molecular flexibility index (Phi) is 5.57. The van der Waals surface area contributed by atoms with Crippen LogP contribution in [0.4, 0.5) is 13.2 Å². The highest BCUT2D eigenvalue weighted by atomic mass is 32.2. The molecule has 0 unspecified atom stereocenters. The van der Waals surface area contributed by atoms with Gasteiger partial charge in [-0.15, -0.1) is 0 Å². The Morgan fingerprint density at radius 3 is 2.47 bits per heavy atom. The standard InChI is InChI=1S/C22H24F3NO3S/c23-12-15-1-3-17(4-2-15)30(27,28)22-9-7-14(8-10-26)11-16(22)13-29-21-19(25)6-5-18(24)20(21)22/h1-6,14,16H,7-13,26H2/t14-,16+,22-/m0/s1. The fraction of sp³-hybridized carbons (Fsp3) is 0.455. The number of ether oxygens (including phenoxy) is 1. The van der Waals surface area contributed by atoms with Crippen molar-refractivity contribution in [2.75, 3.05) is 13.2 Å². The second kappa shape index (κ2) is 7.89. The van der Waals surface area contributed by atoms with Gasteiger partial charge in [-0.2, -0.15) is 0 Å². The third kappa shape index (κ3) is 3.12. The van der Waals surface area contributed by atoms with Crippen LogP contribution in [-0.4, -0.2) is 21.6 Å². The van der Waals surface area contributed by atoms with Gasteiger partial charge in [0.05, 0.1) is 17.1 Å². The lowest BCUT2D eigenvalue weighted by Gasteiger charge is -2.49. The van der Waals surface area contributed by atoms with E-state index < -0.39 is 38.8 Å². The lowest BCUT2D eigenvalue weighted by molar-refractivity contribution is 0.0961. The van der Waals surface area contributed by atoms with Crippen LogP contribution in [0.5, 0.6) is 5.75 Å². The summed E-state index contributed by atoms with van der Waals surface area (Å²) in [5, 5.41) is 0. The third-order valence-electron chi connectivity index (χ3n) is 6.55. The molecule has 2 aliphatic rings. The van der Waals surface area contributed by atoms with Crippen molar-refractivity contribution in [2.24, 2.45) is 17.6 Å². The molecule has 162 valence electrons. The second-order valence-corrected chi connectivity index (χ2v) is 10.3. The van der Waals surface area contributed by atoms with Crippen LogP contribution < -0.4 is 10.5 Å². The van der Waals surface area contributed by atoms with Crippen LogP contribution in [0.2, 0.25) is 0 Å². The molecule has 1 aliphatic carbocycles. The lowest BCUT2D eigenvalue weighted by Crippen LogP contribution is -2.52. The van der Waals surface area contributed by atoms with Gasteiger partial charge in [-0.25, -0.2) is 21.6 Å². The molecule has 0 bridgehead atoms. The van der Waals surface area contributed by atoms with Crippen molar-refractivity contribution in [1.82, 2.24) is 0 Å². The van der Waals surface area contributed by atoms with E-state index in [0.717, 1.165) is 18.6 Å². The summed E-state index contributed by atoms with van der Waals surface area (Å²) in [4.78, 5) is -0.0292. The SMILES string of the molecule is NCC[C@@H]1CC[C@@]2(S(=O)(=O)c3ccc(CF)cc3)c3c(F)ccc(F)c3OC[C@H]2C1. The highest BCUT2D eigenvalue weighted by Crippen LogP contribution is 2.57. The van der Waals surface area contributed by atoms with Gasteiger partial charge in [0.25, 0.3) is 0 Å². The molecule has 4 rings (SSSR count). The van der Waals surface area contributed by atoms with Crippen molar-refractivity contribution in [1.29, 1.82) is 0 Å². The number of sulfone groups is 1. The van der Waals surface area contributed by atoms with Gasteiger partial charge in [-0.3, -0.25) is 0 Å². The average molecular weight is 439 g/mol. The highest BCUT2D eigenvalue weighted by Gasteiger charge is 2.59. The second-order valence-electron chi connectivity index (χ2n) is 8.13. The Bertz CT molecular complexity index is 1040. The van der Waals surface area contributed by atoms with Crippen LogP contribution in [0.15, 0.2) is 41.3 Å². The molecular formula is C22H24F3NO3S. The van der Waals surface area contributed by atoms with E-state index in [9.17, 15) is 17.2 Å². The van der Waals surface area contributed by atoms with Gasteiger partial charge in [0.2, 0.25) is 0 Å². The van der Waals surface area contributed by atoms with E-state index in [1.165, 1.54) is 24.3 Å². The Balaban J connectivity index is 1.92. The number of alkyl halides is 1. The molecule has 0 aromatic heterocycles. The third-order valence-corrected chi connectivity index (χ3v) is 9.15. The molecule has 0 spiro atoms. The van der Waals surface area contributed by atoms with Gasteiger partial charge in [0.1, 0.15) is 17.2 Å². The molecule has 0 amide bonds. The minimum Gasteiger partial charge on any atom is -0.490 e. The number of halogens is 3. The first-order valence-electron chi connectivity index (χ1n) is 10.1. The summed E-state index contributed by atoms with van der Waals surface area (Å²) in [5.41, 5.74) is 5.82. The number of benzene rings is 2. The largest absolute Gasteiger partial charge is 0.490 e. The van der Waals surface area contributed by atoms with Crippen molar-refractivity contribution < 1.29 is 26.3 Å². The summed E-state index contributed by atoms with van der Waals surface area (Å²) in [7, 11) is -4.14. The summed E-state index contributed by atoms with van der Waals surface area (Å²) in [6.07, 6.45) is 1.90. The van der Waals surface area contributed by atoms with Crippen molar-refractivity contribution >= 4 is 9.84 Å². The molecule has 1 aliphatic heterocycles. The van der Waals surface area contributed by atoms with Crippen LogP contribution in [0.25, 0.3) is 0 Å². The fourth-order valence-corrected chi connectivity index (χ4v) is 7.44. The molecule has 2 aromatic rings. The minimum absolute atomic E-state index is 0.0176. The van der Waals surface area contributed by atoms with E-state index in [0.29, 0.717) is 24.9 Å². The molecule has 8 heteroatoms. The number of hydrogen-bond acceptors (Lipinski definition) is 4. The normalized spacial score (nSPS) is 25.9. The zero-order chi connectivity index (χ0) is 21.5. The van der Waals surface area contributed by atoms with Crippen molar-refractivity contribution in [3.63, 3.8) is 0 Å². The first-order chi connectivity index (χ1) is 14.3. The van der Waals surface area contributed by atoms with E-state index >= 15 is 4.39 Å². The molecular weight excluding hydrogens is 415 g/mol. The first kappa shape index (κ1) is 21.2. The molecule has 0 saturated heterocycles. The zero-order valence-electron chi connectivity index (χ0n) is 16.4. The van der Waals surface area contributed by atoms with Crippen LogP contribution in [0.3, 0.4) is 0 Å². The maximum Gasteiger partial charge on any atom is 0.188 e. The van der Waals surface area contributed by atoms with Gasteiger partial charge in [0.15, 0.2) is 21.4 Å². The van der Waals surface area contributed by atoms with Gasteiger partial charge >= 0.3 is 0 Å². The molecule has 0 radical (unpaired) electrons. The summed E-state index contributed by atoms with van der Waals surface area (Å²) < 4.78 is 74.4. The molecule has 1 saturated carbocycles. The van der Waals surface area contributed by atoms with Crippen LogP contribution in [0, 0.1) is 23.5 Å². The highest BCUT2D eigenvalue weighted by molar-refractivity contribution is 7.92. The summed E-state index contributed by atoms with van der Waals surface area (Å²) in [6.45, 7) is -0.260. The number of nitrogens with two attached hydrogens (primary N) is 1. The summed E-state index contributed by atoms with van der Waals surface area (Å²) in [5.74, 6) is -2.25. The quantitative estimate of drug-likeness (QED) is 0.756. The first-order valence-corrected chi connectivity index (χ1v) is 11.5. The van der Waals surface area contributed by atoms with Crippen molar-refractivity contribution in [2.45, 2.75) is 42.0 Å². The van der Waals surface area contributed by atoms with Gasteiger partial charge in [-0.05, 0) is 68.0 Å². The predicted octanol–water partition coefficient (Wildman–Crippen LogP) is 4.26. The van der Waals surface area contributed by atoms with Crippen molar-refractivity contribution in [3.8, 4) is 5.75 Å². The molecule has 2 N–H and O–H groups in total. The minimum atomic E-state index is -4.14. The van der Waals surface area contributed by atoms with Gasteiger partial charge in [-0.1, -0.05) is 12.1 Å². The summed E-state index contributed by atoms with van der Waals surface area (Å²) >= 11 is 0. The molecule has 1 fully saturated rings. The Labute approximate surface area is 174 Å². The zero-order valence-corrected chi connectivity index (χ0v) is 17.2. The van der Waals surface area contributed by atoms with Crippen LogP contribution >= 0.6 is 0 Å². The molecule has 1 heterocycles. The van der Waals surface area contributed by atoms with E-state index in [-0.39, 0.29) is 35.2 Å². The molecule has 4 nitrogen and oxygen atoms in total. The lowest BCUT2D eigenvalue weighted by atomic mass is 9.68. The van der Waals surface area contributed by atoms with Gasteiger partial charge in [0, 0.05) is 5.92 Å². The smallest absolute Gasteiger partial charge is 0.188 e. The molecule has 3 atom stereocenters. The topological polar surface area (TPSA) is 69.4 Å². The molecule has 30 heavy (non-hydrogen) atoms. The van der Waals surface area contributed by atoms with E-state index in [1.807, 2.05) is 0 Å². The van der Waals surface area contributed by atoms with E-state index in [4.69, 9.17) is 10.5 Å². The maximum absolute atomic E-state index is 15.1. The van der Waals surface area contributed by atoms with Crippen molar-refractivity contribution in [3.05, 3.63) is 59.2 Å². The molecule has 2 aromatic carbocycles. The number of rotatable bonds is 5. The average Bonchev–Trinajstić information content (AvgIpc) is 2.75. The Morgan fingerprint density at radius 2 is 1.80 bits per heavy atom. The van der Waals surface area contributed by atoms with E-state index in [2.05, 4.69) is 0 Å². The Hall–Kier alpha value is -2.06. The van der Waals surface area contributed by atoms with Gasteiger partial charge < -0.3 is 10.5 Å². The predicted molar refractivity (Wildman–Crippen MR) is 106 cm³/mol. The Morgan fingerprint density at radius 1 is 1.10 bits per heavy atom. The number of fused-ring (bicyclic) bond motifs is 3. The summed E-state index contributed by atoms with van der Waals surface area (Å²) in [6, 6.07) is 7.39. The number of hydrogen-bond donors (Lipinski definition) is 1. The van der Waals surface area contributed by atoms with E-state index in [1.54, 1.807) is 0 Å². The maximum atomic E-state index is 15.1. The van der Waals surface area contributed by atoms with Crippen LogP contribution in [-0.2, 0) is 21.3 Å². The monoisotopic (exact) mass is 439 g/mol. The van der Waals surface area contributed by atoms with Crippen LogP contribution in [0.1, 0.15) is 36.8 Å².